The molecule has 3 aromatic rings. The van der Waals surface area contributed by atoms with E-state index in [0.29, 0.717) is 23.6 Å². The molecule has 0 fully saturated rings. The van der Waals surface area contributed by atoms with Gasteiger partial charge in [0.15, 0.2) is 5.82 Å². The fourth-order valence-electron chi connectivity index (χ4n) is 3.17. The Hall–Kier alpha value is -2.67. The molecular weight excluding hydrogens is 352 g/mol. The Kier molecular flexibility index (Phi) is 4.82. The van der Waals surface area contributed by atoms with Crippen LogP contribution >= 0.6 is 11.6 Å². The zero-order valence-electron chi connectivity index (χ0n) is 13.9. The average molecular weight is 373 g/mol. The average Bonchev–Trinajstić information content (AvgIpc) is 3.25. The number of benzene rings is 1. The van der Waals surface area contributed by atoms with Crippen molar-refractivity contribution >= 4 is 17.5 Å². The molecule has 0 aliphatic carbocycles. The molecule has 7 nitrogen and oxygen atoms in total. The lowest BCUT2D eigenvalue weighted by Gasteiger charge is -2.33. The van der Waals surface area contributed by atoms with Crippen LogP contribution in [0.1, 0.15) is 41.7 Å². The van der Waals surface area contributed by atoms with Crippen LogP contribution in [-0.2, 0) is 13.0 Å². The minimum atomic E-state index is -0.0806. The summed E-state index contributed by atoms with van der Waals surface area (Å²) < 4.78 is 1.75. The number of halogens is 1. The molecule has 1 amide bonds. The third kappa shape index (κ3) is 2.88. The molecule has 0 spiro atoms. The highest BCUT2D eigenvalue weighted by atomic mass is 35.5. The van der Waals surface area contributed by atoms with Crippen LogP contribution in [0.15, 0.2) is 30.5 Å². The molecule has 0 saturated carbocycles. The Morgan fingerprint density at radius 2 is 2.15 bits per heavy atom. The molecule has 1 atom stereocenters. The number of fused-ring (bicyclic) bond motifs is 1. The molecule has 1 N–H and O–H groups in total. The van der Waals surface area contributed by atoms with Gasteiger partial charge in [-0.2, -0.15) is 9.78 Å². The molecule has 4 rings (SSSR count). The van der Waals surface area contributed by atoms with Crippen LogP contribution in [0.25, 0.3) is 5.82 Å². The van der Waals surface area contributed by atoms with Gasteiger partial charge in [-0.15, -0.1) is 5.10 Å². The molecule has 3 heterocycles. The molecule has 0 bridgehead atoms. The number of aromatic nitrogens is 5. The fourth-order valence-corrected chi connectivity index (χ4v) is 3.37. The summed E-state index contributed by atoms with van der Waals surface area (Å²) >= 11 is 6.34. The Bertz CT molecular complexity index is 933. The van der Waals surface area contributed by atoms with E-state index in [2.05, 4.69) is 20.5 Å². The van der Waals surface area contributed by atoms with Crippen molar-refractivity contribution in [2.45, 2.75) is 40.3 Å². The second-order valence-corrected chi connectivity index (χ2v) is 6.64. The highest BCUT2D eigenvalue weighted by molar-refractivity contribution is 6.34. The molecule has 0 saturated heterocycles. The minimum Gasteiger partial charge on any atom is -0.329 e. The molecule has 0 radical (unpaired) electrons. The number of rotatable bonds is 2. The SMILES string of the molecule is C.Cc1cccc(C(=O)N2Cc3nnn(-c4ccn[nH]4)c3C[C@@H]2C)c1Cl. The molecule has 1 aromatic carbocycles. The third-order valence-electron chi connectivity index (χ3n) is 4.58. The van der Waals surface area contributed by atoms with Crippen molar-refractivity contribution < 1.29 is 4.79 Å². The lowest BCUT2D eigenvalue weighted by atomic mass is 10.0. The number of hydrogen-bond donors (Lipinski definition) is 1. The summed E-state index contributed by atoms with van der Waals surface area (Å²) in [6, 6.07) is 7.36. The molecule has 1 aliphatic rings. The minimum absolute atomic E-state index is 0. The van der Waals surface area contributed by atoms with Crippen molar-refractivity contribution in [1.29, 1.82) is 0 Å². The summed E-state index contributed by atoms with van der Waals surface area (Å²) in [5.41, 5.74) is 3.21. The monoisotopic (exact) mass is 372 g/mol. The number of hydrogen-bond acceptors (Lipinski definition) is 4. The van der Waals surface area contributed by atoms with Crippen molar-refractivity contribution in [2.24, 2.45) is 0 Å². The summed E-state index contributed by atoms with van der Waals surface area (Å²) in [4.78, 5) is 14.8. The molecule has 2 aromatic heterocycles. The topological polar surface area (TPSA) is 79.7 Å². The van der Waals surface area contributed by atoms with Gasteiger partial charge >= 0.3 is 0 Å². The molecule has 1 aliphatic heterocycles. The zero-order valence-corrected chi connectivity index (χ0v) is 14.7. The van der Waals surface area contributed by atoms with Crippen LogP contribution in [0.4, 0.5) is 0 Å². The van der Waals surface area contributed by atoms with Gasteiger partial charge in [0.25, 0.3) is 5.91 Å². The summed E-state index contributed by atoms with van der Waals surface area (Å²) in [7, 11) is 0. The molecular formula is C18H21ClN6O. The van der Waals surface area contributed by atoms with Crippen molar-refractivity contribution in [2.75, 3.05) is 0 Å². The maximum atomic E-state index is 13.0. The van der Waals surface area contributed by atoms with E-state index in [0.717, 1.165) is 22.8 Å². The highest BCUT2D eigenvalue weighted by Crippen LogP contribution is 2.28. The second-order valence-electron chi connectivity index (χ2n) is 6.26. The van der Waals surface area contributed by atoms with Gasteiger partial charge in [-0.1, -0.05) is 36.4 Å². The standard InChI is InChI=1S/C17H17ClN6O.CH4/c1-10-4-3-5-12(16(10)18)17(25)23-9-13-14(8-11(23)2)24(22-20-13)15-6-7-19-21-15;/h3-7,11H,8-9H2,1-2H3,(H,19,21);1H4/t11-;/m0./s1. The third-order valence-corrected chi connectivity index (χ3v) is 5.08. The smallest absolute Gasteiger partial charge is 0.255 e. The number of aryl methyl sites for hydroxylation is 1. The first-order valence-corrected chi connectivity index (χ1v) is 8.43. The number of H-pyrrole nitrogens is 1. The number of amides is 1. The van der Waals surface area contributed by atoms with Gasteiger partial charge in [-0.25, -0.2) is 0 Å². The number of aromatic amines is 1. The van der Waals surface area contributed by atoms with Crippen molar-refractivity contribution in [1.82, 2.24) is 30.1 Å². The van der Waals surface area contributed by atoms with Gasteiger partial charge in [0.2, 0.25) is 0 Å². The van der Waals surface area contributed by atoms with Crippen molar-refractivity contribution in [3.05, 3.63) is 58.0 Å². The summed E-state index contributed by atoms with van der Waals surface area (Å²) in [5.74, 6) is 0.686. The van der Waals surface area contributed by atoms with E-state index in [1.807, 2.05) is 32.0 Å². The van der Waals surface area contributed by atoms with Crippen molar-refractivity contribution in [3.63, 3.8) is 0 Å². The predicted molar refractivity (Wildman–Crippen MR) is 99.5 cm³/mol. The zero-order chi connectivity index (χ0) is 17.6. The molecule has 8 heteroatoms. The molecule has 26 heavy (non-hydrogen) atoms. The molecule has 0 unspecified atom stereocenters. The van der Waals surface area contributed by atoms with E-state index in [9.17, 15) is 4.79 Å². The van der Waals surface area contributed by atoms with Crippen LogP contribution in [0, 0.1) is 6.92 Å². The van der Waals surface area contributed by atoms with Gasteiger partial charge in [0, 0.05) is 18.5 Å². The maximum absolute atomic E-state index is 13.0. The largest absolute Gasteiger partial charge is 0.329 e. The fraction of sp³-hybridized carbons (Fsp3) is 0.333. The summed E-state index contributed by atoms with van der Waals surface area (Å²) in [6.07, 6.45) is 2.34. The normalized spacial score (nSPS) is 16.1. The lowest BCUT2D eigenvalue weighted by molar-refractivity contribution is 0.0653. The van der Waals surface area contributed by atoms with Crippen LogP contribution in [0.5, 0.6) is 0 Å². The van der Waals surface area contributed by atoms with E-state index in [1.165, 1.54) is 0 Å². The molecule has 136 valence electrons. The Morgan fingerprint density at radius 1 is 1.35 bits per heavy atom. The van der Waals surface area contributed by atoms with E-state index >= 15 is 0 Å². The van der Waals surface area contributed by atoms with Gasteiger partial charge in [0.1, 0.15) is 5.69 Å². The van der Waals surface area contributed by atoms with Crippen LogP contribution < -0.4 is 0 Å². The van der Waals surface area contributed by atoms with Gasteiger partial charge in [-0.3, -0.25) is 9.89 Å². The Labute approximate surface area is 157 Å². The van der Waals surface area contributed by atoms with Crippen LogP contribution in [0.3, 0.4) is 0 Å². The first kappa shape index (κ1) is 18.1. The van der Waals surface area contributed by atoms with E-state index in [-0.39, 0.29) is 19.4 Å². The highest BCUT2D eigenvalue weighted by Gasteiger charge is 2.32. The van der Waals surface area contributed by atoms with E-state index < -0.39 is 0 Å². The number of nitrogens with one attached hydrogen (secondary N) is 1. The number of nitrogens with zero attached hydrogens (tertiary/aromatic N) is 5. The van der Waals surface area contributed by atoms with Crippen LogP contribution in [-0.4, -0.2) is 42.0 Å². The first-order valence-electron chi connectivity index (χ1n) is 8.05. The maximum Gasteiger partial charge on any atom is 0.255 e. The second kappa shape index (κ2) is 6.92. The first-order chi connectivity index (χ1) is 12.1. The van der Waals surface area contributed by atoms with Gasteiger partial charge < -0.3 is 4.90 Å². The number of carbonyl (C=O) groups is 1. The lowest BCUT2D eigenvalue weighted by Crippen LogP contribution is -2.43. The van der Waals surface area contributed by atoms with E-state index in [1.54, 1.807) is 21.8 Å². The van der Waals surface area contributed by atoms with E-state index in [4.69, 9.17) is 11.6 Å². The Morgan fingerprint density at radius 3 is 2.88 bits per heavy atom. The van der Waals surface area contributed by atoms with Gasteiger partial charge in [-0.05, 0) is 25.5 Å². The summed E-state index contributed by atoms with van der Waals surface area (Å²) in [6.45, 7) is 4.33. The van der Waals surface area contributed by atoms with Crippen molar-refractivity contribution in [3.8, 4) is 5.82 Å². The quantitative estimate of drug-likeness (QED) is 0.749. The number of carbonyl (C=O) groups excluding carboxylic acids is 1. The van der Waals surface area contributed by atoms with Gasteiger partial charge in [0.05, 0.1) is 29.0 Å². The predicted octanol–water partition coefficient (Wildman–Crippen LogP) is 3.18. The Balaban J connectivity index is 0.00000196. The van der Waals surface area contributed by atoms with Crippen LogP contribution in [0.2, 0.25) is 5.02 Å². The summed E-state index contributed by atoms with van der Waals surface area (Å²) in [5, 5.41) is 15.8.